The smallest absolute Gasteiger partial charge is 0.306 e. The molecule has 0 amide bonds. The van der Waals surface area contributed by atoms with Gasteiger partial charge in [-0.25, -0.2) is 0 Å². The molecule has 1 unspecified atom stereocenters. The van der Waals surface area contributed by atoms with E-state index in [2.05, 4.69) is 45.1 Å². The third kappa shape index (κ3) is 62.6. The molecule has 0 radical (unpaired) electrons. The van der Waals surface area contributed by atoms with Gasteiger partial charge in [-0.3, -0.25) is 14.4 Å². The molecular weight excluding hydrogens is 925 g/mol. The second-order valence-electron chi connectivity index (χ2n) is 23.1. The van der Waals surface area contributed by atoms with Gasteiger partial charge in [0.2, 0.25) is 0 Å². The van der Waals surface area contributed by atoms with Crippen LogP contribution in [0.5, 0.6) is 0 Å². The molecule has 0 spiro atoms. The lowest BCUT2D eigenvalue weighted by Crippen LogP contribution is -2.30. The summed E-state index contributed by atoms with van der Waals surface area (Å²) in [6.07, 6.45) is 77.8. The summed E-state index contributed by atoms with van der Waals surface area (Å²) in [6.45, 7) is 6.67. The minimum Gasteiger partial charge on any atom is -0.462 e. The summed E-state index contributed by atoms with van der Waals surface area (Å²) in [7, 11) is 0. The van der Waals surface area contributed by atoms with Crippen LogP contribution in [0.2, 0.25) is 0 Å². The molecule has 0 aromatic rings. The number of unbranched alkanes of at least 4 members (excludes halogenated alkanes) is 48. The number of hydrogen-bond acceptors (Lipinski definition) is 6. The Kier molecular flexibility index (Phi) is 62.6. The zero-order valence-electron chi connectivity index (χ0n) is 50.8. The van der Waals surface area contributed by atoms with E-state index in [9.17, 15) is 14.4 Å². The summed E-state index contributed by atoms with van der Waals surface area (Å²) in [4.78, 5) is 38.3. The van der Waals surface area contributed by atoms with E-state index in [4.69, 9.17) is 14.2 Å². The Bertz CT molecular complexity index is 1210. The van der Waals surface area contributed by atoms with E-state index in [-0.39, 0.29) is 31.1 Å². The van der Waals surface area contributed by atoms with Gasteiger partial charge in [-0.15, -0.1) is 0 Å². The Labute approximate surface area is 468 Å². The number of carbonyl (C=O) groups is 3. The van der Waals surface area contributed by atoms with Gasteiger partial charge in [0.05, 0.1) is 0 Å². The van der Waals surface area contributed by atoms with Gasteiger partial charge in [-0.1, -0.05) is 334 Å². The van der Waals surface area contributed by atoms with Gasteiger partial charge >= 0.3 is 17.9 Å². The van der Waals surface area contributed by atoms with Gasteiger partial charge in [0.15, 0.2) is 6.10 Å². The maximum absolute atomic E-state index is 12.9. The molecule has 0 aliphatic heterocycles. The van der Waals surface area contributed by atoms with E-state index < -0.39 is 6.10 Å². The molecule has 0 fully saturated rings. The molecule has 0 saturated heterocycles. The van der Waals surface area contributed by atoms with Crippen LogP contribution in [0.4, 0.5) is 0 Å². The molecule has 0 aromatic heterocycles. The summed E-state index contributed by atoms with van der Waals surface area (Å²) >= 11 is 0. The summed E-state index contributed by atoms with van der Waals surface area (Å²) in [6, 6.07) is 0. The second-order valence-corrected chi connectivity index (χ2v) is 23.1. The van der Waals surface area contributed by atoms with Gasteiger partial charge in [0.1, 0.15) is 13.2 Å². The van der Waals surface area contributed by atoms with E-state index in [0.29, 0.717) is 19.3 Å². The third-order valence-corrected chi connectivity index (χ3v) is 15.5. The normalized spacial score (nSPS) is 12.1. The van der Waals surface area contributed by atoms with Crippen molar-refractivity contribution in [3.8, 4) is 0 Å². The van der Waals surface area contributed by atoms with Gasteiger partial charge < -0.3 is 14.2 Å². The molecule has 0 aromatic carbocycles. The van der Waals surface area contributed by atoms with Crippen molar-refractivity contribution in [2.24, 2.45) is 0 Å². The van der Waals surface area contributed by atoms with Crippen LogP contribution in [-0.2, 0) is 28.6 Å². The molecule has 442 valence electrons. The van der Waals surface area contributed by atoms with Gasteiger partial charge in [-0.05, 0) is 51.4 Å². The molecule has 6 nitrogen and oxygen atoms in total. The first-order chi connectivity index (χ1) is 37.0. The Morgan fingerprint density at radius 2 is 0.480 bits per heavy atom. The standard InChI is InChI=1S/C69H130O6/c1-4-7-10-13-16-19-22-24-26-28-29-30-31-32-33-34-35-36-37-38-39-41-42-44-47-50-53-56-59-62-68(71)74-65-66(64-73-67(70)61-58-55-52-49-46-21-18-15-12-9-6-3)75-69(72)63-60-57-54-51-48-45-43-40-27-25-23-20-17-14-11-8-5-2/h17,20,25,27,66H,4-16,18-19,21-24,26,28-65H2,1-3H3/b20-17-,27-25-. The van der Waals surface area contributed by atoms with Crippen molar-refractivity contribution in [3.05, 3.63) is 24.3 Å². The monoisotopic (exact) mass is 1050 g/mol. The predicted molar refractivity (Wildman–Crippen MR) is 326 cm³/mol. The largest absolute Gasteiger partial charge is 0.462 e. The van der Waals surface area contributed by atoms with Crippen LogP contribution in [0.3, 0.4) is 0 Å². The van der Waals surface area contributed by atoms with Crippen LogP contribution in [0.25, 0.3) is 0 Å². The summed E-state index contributed by atoms with van der Waals surface area (Å²) < 4.78 is 16.9. The Balaban J connectivity index is 4.12. The molecule has 75 heavy (non-hydrogen) atoms. The van der Waals surface area contributed by atoms with Crippen molar-refractivity contribution in [1.82, 2.24) is 0 Å². The van der Waals surface area contributed by atoms with Crippen LogP contribution < -0.4 is 0 Å². The summed E-state index contributed by atoms with van der Waals surface area (Å²) in [5.41, 5.74) is 0. The SMILES string of the molecule is CCCCC/C=C\C/C=C\CCCCCCCCCC(=O)OC(COC(=O)CCCCCCCCCCCCC)COC(=O)CCCCCCCCCCCCCCCCCCCCCCCCCCCCCCC. The minimum atomic E-state index is -0.771. The summed E-state index contributed by atoms with van der Waals surface area (Å²) in [5, 5.41) is 0. The van der Waals surface area contributed by atoms with Crippen molar-refractivity contribution in [3.63, 3.8) is 0 Å². The number of allylic oxidation sites excluding steroid dienone is 4. The highest BCUT2D eigenvalue weighted by molar-refractivity contribution is 5.71. The average molecular weight is 1060 g/mol. The molecule has 0 heterocycles. The first-order valence-electron chi connectivity index (χ1n) is 33.8. The zero-order chi connectivity index (χ0) is 54.3. The average Bonchev–Trinajstić information content (AvgIpc) is 3.41. The maximum Gasteiger partial charge on any atom is 0.306 e. The Morgan fingerprint density at radius 3 is 0.760 bits per heavy atom. The number of hydrogen-bond donors (Lipinski definition) is 0. The fourth-order valence-electron chi connectivity index (χ4n) is 10.4. The summed E-state index contributed by atoms with van der Waals surface area (Å²) in [5.74, 6) is -0.851. The van der Waals surface area contributed by atoms with Crippen molar-refractivity contribution >= 4 is 17.9 Å². The van der Waals surface area contributed by atoms with Crippen LogP contribution in [-0.4, -0.2) is 37.2 Å². The van der Waals surface area contributed by atoms with Gasteiger partial charge in [-0.2, -0.15) is 0 Å². The molecule has 0 bridgehead atoms. The van der Waals surface area contributed by atoms with E-state index in [1.54, 1.807) is 0 Å². The Morgan fingerprint density at radius 1 is 0.267 bits per heavy atom. The molecule has 0 N–H and O–H groups in total. The third-order valence-electron chi connectivity index (χ3n) is 15.5. The molecule has 0 saturated carbocycles. The minimum absolute atomic E-state index is 0.0687. The first-order valence-corrected chi connectivity index (χ1v) is 33.8. The maximum atomic E-state index is 12.9. The second kappa shape index (κ2) is 64.4. The van der Waals surface area contributed by atoms with Crippen molar-refractivity contribution in [2.45, 2.75) is 386 Å². The Hall–Kier alpha value is -2.11. The number of esters is 3. The highest BCUT2D eigenvalue weighted by Gasteiger charge is 2.19. The van der Waals surface area contributed by atoms with E-state index >= 15 is 0 Å². The van der Waals surface area contributed by atoms with Crippen LogP contribution in [0.1, 0.15) is 380 Å². The van der Waals surface area contributed by atoms with Crippen LogP contribution in [0, 0.1) is 0 Å². The zero-order valence-corrected chi connectivity index (χ0v) is 50.8. The predicted octanol–water partition coefficient (Wildman–Crippen LogP) is 23.0. The lowest BCUT2D eigenvalue weighted by molar-refractivity contribution is -0.167. The number of carbonyl (C=O) groups excluding carboxylic acids is 3. The quantitative estimate of drug-likeness (QED) is 0.0261. The van der Waals surface area contributed by atoms with Crippen molar-refractivity contribution < 1.29 is 28.6 Å². The van der Waals surface area contributed by atoms with Crippen LogP contribution >= 0.6 is 0 Å². The fraction of sp³-hybridized carbons (Fsp3) is 0.899. The van der Waals surface area contributed by atoms with Gasteiger partial charge in [0, 0.05) is 19.3 Å². The highest BCUT2D eigenvalue weighted by Crippen LogP contribution is 2.19. The van der Waals surface area contributed by atoms with E-state index in [0.717, 1.165) is 70.6 Å². The topological polar surface area (TPSA) is 78.9 Å². The molecule has 0 aliphatic rings. The van der Waals surface area contributed by atoms with E-state index in [1.807, 2.05) is 0 Å². The lowest BCUT2D eigenvalue weighted by Gasteiger charge is -2.18. The first kappa shape index (κ1) is 72.9. The molecular formula is C69H130O6. The molecule has 0 rings (SSSR count). The molecule has 6 heteroatoms. The van der Waals surface area contributed by atoms with E-state index in [1.165, 1.54) is 270 Å². The van der Waals surface area contributed by atoms with Crippen molar-refractivity contribution in [1.29, 1.82) is 0 Å². The van der Waals surface area contributed by atoms with Gasteiger partial charge in [0.25, 0.3) is 0 Å². The molecule has 1 atom stereocenters. The van der Waals surface area contributed by atoms with Crippen LogP contribution in [0.15, 0.2) is 24.3 Å². The number of ether oxygens (including phenoxy) is 3. The van der Waals surface area contributed by atoms with Crippen molar-refractivity contribution in [2.75, 3.05) is 13.2 Å². The molecule has 0 aliphatic carbocycles. The fourth-order valence-corrected chi connectivity index (χ4v) is 10.4. The highest BCUT2D eigenvalue weighted by atomic mass is 16.6. The lowest BCUT2D eigenvalue weighted by atomic mass is 10.0. The number of rotatable bonds is 63.